The van der Waals surface area contributed by atoms with E-state index in [1.54, 1.807) is 0 Å². The van der Waals surface area contributed by atoms with Gasteiger partial charge in [-0.25, -0.2) is 0 Å². The number of benzene rings is 1. The average molecular weight is 328 g/mol. The van der Waals surface area contributed by atoms with E-state index in [1.165, 1.54) is 11.1 Å². The van der Waals surface area contributed by atoms with E-state index in [0.717, 1.165) is 51.0 Å². The summed E-state index contributed by atoms with van der Waals surface area (Å²) in [6.45, 7) is 1.56. The minimum atomic E-state index is -0.458. The molecule has 1 saturated heterocycles. The van der Waals surface area contributed by atoms with E-state index in [4.69, 9.17) is 9.57 Å². The van der Waals surface area contributed by atoms with Gasteiger partial charge in [0.2, 0.25) is 6.10 Å². The van der Waals surface area contributed by atoms with Gasteiger partial charge in [0.15, 0.2) is 0 Å². The van der Waals surface area contributed by atoms with Gasteiger partial charge in [-0.1, -0.05) is 29.4 Å². The minimum Gasteiger partial charge on any atom is -0.382 e. The minimum absolute atomic E-state index is 0.0230. The van der Waals surface area contributed by atoms with Crippen molar-refractivity contribution in [2.75, 3.05) is 13.2 Å². The molecule has 2 heterocycles. The molecule has 128 valence electrons. The standard InChI is InChI=1S/C19H24N2O3/c22-19(18-12-17(21-24-18)14-7-9-23-10-8-14)20-16-6-5-13-3-1-2-4-15(13)11-16/h1-4,14,16,18H,5-12H2,(H,20,22). The number of fused-ring (bicyclic) bond motifs is 1. The molecule has 0 spiro atoms. The lowest BCUT2D eigenvalue weighted by atomic mass is 9.88. The number of rotatable bonds is 3. The molecule has 1 aromatic carbocycles. The lowest BCUT2D eigenvalue weighted by Crippen LogP contribution is -2.44. The van der Waals surface area contributed by atoms with Gasteiger partial charge in [-0.15, -0.1) is 0 Å². The van der Waals surface area contributed by atoms with Crippen LogP contribution in [-0.2, 0) is 27.2 Å². The van der Waals surface area contributed by atoms with E-state index in [1.807, 2.05) is 0 Å². The highest BCUT2D eigenvalue weighted by Gasteiger charge is 2.34. The maximum Gasteiger partial charge on any atom is 0.264 e. The Labute approximate surface area is 142 Å². The van der Waals surface area contributed by atoms with Crippen molar-refractivity contribution >= 4 is 11.6 Å². The van der Waals surface area contributed by atoms with Crippen molar-refractivity contribution in [2.24, 2.45) is 11.1 Å². The van der Waals surface area contributed by atoms with E-state index in [2.05, 4.69) is 34.7 Å². The number of aryl methyl sites for hydroxylation is 1. The highest BCUT2D eigenvalue weighted by molar-refractivity contribution is 5.94. The van der Waals surface area contributed by atoms with Gasteiger partial charge in [0.1, 0.15) is 0 Å². The molecule has 2 unspecified atom stereocenters. The van der Waals surface area contributed by atoms with E-state index in [-0.39, 0.29) is 11.9 Å². The highest BCUT2D eigenvalue weighted by Crippen LogP contribution is 2.25. The van der Waals surface area contributed by atoms with Gasteiger partial charge in [-0.2, -0.15) is 0 Å². The van der Waals surface area contributed by atoms with E-state index in [9.17, 15) is 4.79 Å². The zero-order chi connectivity index (χ0) is 16.4. The van der Waals surface area contributed by atoms with Gasteiger partial charge in [0.25, 0.3) is 5.91 Å². The van der Waals surface area contributed by atoms with Gasteiger partial charge in [0, 0.05) is 31.6 Å². The number of amides is 1. The van der Waals surface area contributed by atoms with Crippen molar-refractivity contribution in [1.82, 2.24) is 5.32 Å². The first-order chi connectivity index (χ1) is 11.8. The van der Waals surface area contributed by atoms with Crippen molar-refractivity contribution in [1.29, 1.82) is 0 Å². The topological polar surface area (TPSA) is 59.9 Å². The van der Waals surface area contributed by atoms with Gasteiger partial charge in [-0.3, -0.25) is 4.79 Å². The molecule has 2 aliphatic heterocycles. The number of oxime groups is 1. The molecule has 5 heteroatoms. The summed E-state index contributed by atoms with van der Waals surface area (Å²) < 4.78 is 5.39. The molecule has 2 atom stereocenters. The van der Waals surface area contributed by atoms with Crippen molar-refractivity contribution in [3.05, 3.63) is 35.4 Å². The second-order valence-electron chi connectivity index (χ2n) is 6.98. The van der Waals surface area contributed by atoms with Crippen LogP contribution in [0.4, 0.5) is 0 Å². The van der Waals surface area contributed by atoms with Crippen molar-refractivity contribution in [2.45, 2.75) is 50.7 Å². The largest absolute Gasteiger partial charge is 0.382 e. The van der Waals surface area contributed by atoms with Crippen LogP contribution in [0, 0.1) is 5.92 Å². The molecule has 0 aromatic heterocycles. The van der Waals surface area contributed by atoms with Gasteiger partial charge < -0.3 is 14.9 Å². The quantitative estimate of drug-likeness (QED) is 0.926. The molecule has 4 rings (SSSR count). The Balaban J connectivity index is 1.30. The van der Waals surface area contributed by atoms with Crippen molar-refractivity contribution in [3.8, 4) is 0 Å². The van der Waals surface area contributed by atoms with Crippen molar-refractivity contribution in [3.63, 3.8) is 0 Å². The first-order valence-corrected chi connectivity index (χ1v) is 8.97. The summed E-state index contributed by atoms with van der Waals surface area (Å²) in [6, 6.07) is 8.69. The number of carbonyl (C=O) groups excluding carboxylic acids is 1. The molecular formula is C19H24N2O3. The fourth-order valence-corrected chi connectivity index (χ4v) is 3.92. The number of hydrogen-bond acceptors (Lipinski definition) is 4. The second kappa shape index (κ2) is 6.93. The SMILES string of the molecule is O=C(NC1CCc2ccccc2C1)C1CC(C2CCOCC2)=NO1. The molecule has 24 heavy (non-hydrogen) atoms. The molecule has 0 radical (unpaired) electrons. The summed E-state index contributed by atoms with van der Waals surface area (Å²) in [4.78, 5) is 17.9. The maximum atomic E-state index is 12.5. The van der Waals surface area contributed by atoms with Crippen LogP contribution < -0.4 is 5.32 Å². The summed E-state index contributed by atoms with van der Waals surface area (Å²) in [5.74, 6) is 0.392. The first-order valence-electron chi connectivity index (χ1n) is 8.97. The third-order valence-electron chi connectivity index (χ3n) is 5.37. The third kappa shape index (κ3) is 3.31. The fraction of sp³-hybridized carbons (Fsp3) is 0.579. The van der Waals surface area contributed by atoms with Crippen molar-refractivity contribution < 1.29 is 14.4 Å². The maximum absolute atomic E-state index is 12.5. The molecule has 0 bridgehead atoms. The van der Waals surface area contributed by atoms with Crippen LogP contribution in [0.3, 0.4) is 0 Å². The number of nitrogens with zero attached hydrogens (tertiary/aromatic N) is 1. The van der Waals surface area contributed by atoms with Crippen LogP contribution in [-0.4, -0.2) is 37.0 Å². The summed E-state index contributed by atoms with van der Waals surface area (Å²) in [6.07, 6.45) is 5.05. The third-order valence-corrected chi connectivity index (χ3v) is 5.37. The zero-order valence-electron chi connectivity index (χ0n) is 13.9. The van der Waals surface area contributed by atoms with E-state index >= 15 is 0 Å². The zero-order valence-corrected chi connectivity index (χ0v) is 13.9. The summed E-state index contributed by atoms with van der Waals surface area (Å²) in [7, 11) is 0. The number of ether oxygens (including phenoxy) is 1. The molecule has 1 amide bonds. The second-order valence-corrected chi connectivity index (χ2v) is 6.98. The predicted molar refractivity (Wildman–Crippen MR) is 90.9 cm³/mol. The lowest BCUT2D eigenvalue weighted by molar-refractivity contribution is -0.132. The van der Waals surface area contributed by atoms with Gasteiger partial charge >= 0.3 is 0 Å². The van der Waals surface area contributed by atoms with Crippen LogP contribution in [0.1, 0.15) is 36.8 Å². The Kier molecular flexibility index (Phi) is 4.52. The Morgan fingerprint density at radius 2 is 1.88 bits per heavy atom. The fourth-order valence-electron chi connectivity index (χ4n) is 3.92. The summed E-state index contributed by atoms with van der Waals surface area (Å²) in [5, 5.41) is 7.35. The smallest absolute Gasteiger partial charge is 0.264 e. The number of hydrogen-bond donors (Lipinski definition) is 1. The van der Waals surface area contributed by atoms with Crippen LogP contribution in [0.5, 0.6) is 0 Å². The Morgan fingerprint density at radius 1 is 1.08 bits per heavy atom. The predicted octanol–water partition coefficient (Wildman–Crippen LogP) is 2.23. The Bertz CT molecular complexity index is 637. The van der Waals surface area contributed by atoms with E-state index < -0.39 is 6.10 Å². The molecule has 3 aliphatic rings. The summed E-state index contributed by atoms with van der Waals surface area (Å²) in [5.41, 5.74) is 3.79. The Morgan fingerprint density at radius 3 is 2.71 bits per heavy atom. The van der Waals surface area contributed by atoms with Gasteiger partial charge in [-0.05, 0) is 43.2 Å². The van der Waals surface area contributed by atoms with Crippen LogP contribution in [0.15, 0.2) is 29.4 Å². The Hall–Kier alpha value is -1.88. The number of nitrogens with one attached hydrogen (secondary N) is 1. The molecule has 0 saturated carbocycles. The van der Waals surface area contributed by atoms with Crippen LogP contribution in [0.2, 0.25) is 0 Å². The molecular weight excluding hydrogens is 304 g/mol. The van der Waals surface area contributed by atoms with Crippen LogP contribution >= 0.6 is 0 Å². The normalized spacial score (nSPS) is 27.1. The molecule has 1 fully saturated rings. The molecule has 1 aliphatic carbocycles. The first kappa shape index (κ1) is 15.6. The molecule has 1 N–H and O–H groups in total. The average Bonchev–Trinajstić information content (AvgIpc) is 3.13. The molecule has 5 nitrogen and oxygen atoms in total. The number of carbonyl (C=O) groups is 1. The van der Waals surface area contributed by atoms with Gasteiger partial charge in [0.05, 0.1) is 5.71 Å². The highest BCUT2D eigenvalue weighted by atomic mass is 16.6. The monoisotopic (exact) mass is 328 g/mol. The van der Waals surface area contributed by atoms with Crippen LogP contribution in [0.25, 0.3) is 0 Å². The lowest BCUT2D eigenvalue weighted by Gasteiger charge is -2.26. The molecule has 1 aromatic rings. The van der Waals surface area contributed by atoms with E-state index in [0.29, 0.717) is 12.3 Å². The summed E-state index contributed by atoms with van der Waals surface area (Å²) >= 11 is 0.